The number of aryl methyl sites for hydroxylation is 1. The second kappa shape index (κ2) is 9.73. The molecule has 0 fully saturated rings. The molecular weight excluding hydrogens is 408 g/mol. The molecule has 29 heavy (non-hydrogen) atoms. The topological polar surface area (TPSA) is 86.2 Å². The number of benzene rings is 2. The second-order valence-electron chi connectivity index (χ2n) is 6.58. The number of hydrogen-bond donors (Lipinski definition) is 1. The zero-order valence-electron chi connectivity index (χ0n) is 16.0. The van der Waals surface area contributed by atoms with Gasteiger partial charge in [-0.3, -0.25) is 4.55 Å². The number of anilines is 1. The minimum absolute atomic E-state index is 0.273. The van der Waals surface area contributed by atoms with Crippen LogP contribution >= 0.6 is 11.3 Å². The minimum Gasteiger partial charge on any atom is -0.370 e. The number of rotatable bonds is 9. The number of hydrogen-bond acceptors (Lipinski definition) is 6. The summed E-state index contributed by atoms with van der Waals surface area (Å²) >= 11 is 1.42. The van der Waals surface area contributed by atoms with Crippen molar-refractivity contribution in [1.29, 1.82) is 0 Å². The summed E-state index contributed by atoms with van der Waals surface area (Å²) in [5.74, 6) is -0.273. The Bertz CT molecular complexity index is 1050. The van der Waals surface area contributed by atoms with Gasteiger partial charge in [-0.15, -0.1) is 0 Å². The molecule has 3 aromatic rings. The van der Waals surface area contributed by atoms with Crippen molar-refractivity contribution < 1.29 is 17.5 Å². The van der Waals surface area contributed by atoms with E-state index in [0.29, 0.717) is 18.1 Å². The van der Waals surface area contributed by atoms with Crippen LogP contribution in [0.5, 0.6) is 0 Å². The Kier molecular flexibility index (Phi) is 7.08. The SMILES string of the molecule is CN(Cc1ccccc1)c1ccc(N=Nc2scc[n+]2CCCS(=O)(=O)O)cc1. The molecule has 0 unspecified atom stereocenters. The third-order valence-electron chi connectivity index (χ3n) is 4.27. The molecule has 0 atom stereocenters. The molecule has 0 spiro atoms. The second-order valence-corrected chi connectivity index (χ2v) is 9.02. The number of nitrogens with zero attached hydrogens (tertiary/aromatic N) is 4. The van der Waals surface area contributed by atoms with Crippen LogP contribution in [0.4, 0.5) is 16.5 Å². The van der Waals surface area contributed by atoms with E-state index in [0.717, 1.165) is 17.9 Å². The van der Waals surface area contributed by atoms with Gasteiger partial charge in [0.25, 0.3) is 10.1 Å². The first-order chi connectivity index (χ1) is 13.9. The monoisotopic (exact) mass is 431 g/mol. The lowest BCUT2D eigenvalue weighted by Gasteiger charge is -2.19. The Balaban J connectivity index is 1.60. The summed E-state index contributed by atoms with van der Waals surface area (Å²) in [6.07, 6.45) is 2.13. The lowest BCUT2D eigenvalue weighted by atomic mass is 10.2. The third kappa shape index (κ3) is 6.74. The highest BCUT2D eigenvalue weighted by molar-refractivity contribution is 7.85. The van der Waals surface area contributed by atoms with E-state index in [1.165, 1.54) is 16.9 Å². The van der Waals surface area contributed by atoms with Gasteiger partial charge in [0, 0.05) is 31.1 Å². The van der Waals surface area contributed by atoms with Crippen LogP contribution in [-0.4, -0.2) is 25.8 Å². The van der Waals surface area contributed by atoms with Crippen LogP contribution in [0.2, 0.25) is 0 Å². The molecule has 0 aliphatic rings. The zero-order chi connectivity index (χ0) is 20.7. The molecule has 0 saturated heterocycles. The van der Waals surface area contributed by atoms with Gasteiger partial charge in [-0.1, -0.05) is 30.3 Å². The van der Waals surface area contributed by atoms with Crippen molar-refractivity contribution in [2.75, 3.05) is 17.7 Å². The van der Waals surface area contributed by atoms with E-state index in [4.69, 9.17) is 4.55 Å². The molecule has 0 aliphatic carbocycles. The van der Waals surface area contributed by atoms with E-state index in [1.54, 1.807) is 0 Å². The molecule has 0 aliphatic heterocycles. The fourth-order valence-corrected chi connectivity index (χ4v) is 3.99. The van der Waals surface area contributed by atoms with Crippen molar-refractivity contribution in [2.24, 2.45) is 10.2 Å². The average Bonchev–Trinajstić information content (AvgIpc) is 3.14. The van der Waals surface area contributed by atoms with Crippen LogP contribution in [0.15, 0.2) is 76.4 Å². The Morgan fingerprint density at radius 3 is 2.48 bits per heavy atom. The van der Waals surface area contributed by atoms with Crippen LogP contribution in [0.25, 0.3) is 0 Å². The Morgan fingerprint density at radius 2 is 1.79 bits per heavy atom. The molecule has 0 amide bonds. The van der Waals surface area contributed by atoms with Crippen molar-refractivity contribution in [3.63, 3.8) is 0 Å². The van der Waals surface area contributed by atoms with Crippen molar-refractivity contribution in [2.45, 2.75) is 19.5 Å². The summed E-state index contributed by atoms with van der Waals surface area (Å²) in [6, 6.07) is 18.1. The van der Waals surface area contributed by atoms with Crippen molar-refractivity contribution >= 4 is 38.0 Å². The summed E-state index contributed by atoms with van der Waals surface area (Å²) in [5, 5.41) is 11.1. The average molecular weight is 432 g/mol. The Hall–Kier alpha value is -2.62. The van der Waals surface area contributed by atoms with Crippen molar-refractivity contribution in [3.05, 3.63) is 71.7 Å². The lowest BCUT2D eigenvalue weighted by molar-refractivity contribution is -0.680. The number of thiazole rings is 1. The summed E-state index contributed by atoms with van der Waals surface area (Å²) in [6.45, 7) is 1.27. The molecular formula is C20H23N4O3S2+. The van der Waals surface area contributed by atoms with Gasteiger partial charge >= 0.3 is 5.13 Å². The Labute approximate surface area is 174 Å². The molecule has 152 valence electrons. The molecule has 1 N–H and O–H groups in total. The quantitative estimate of drug-likeness (QED) is 0.310. The summed E-state index contributed by atoms with van der Waals surface area (Å²) in [7, 11) is -1.90. The number of aromatic nitrogens is 1. The van der Waals surface area contributed by atoms with Crippen LogP contribution in [0, 0.1) is 0 Å². The molecule has 1 heterocycles. The minimum atomic E-state index is -3.94. The van der Waals surface area contributed by atoms with E-state index >= 15 is 0 Å². The number of azo groups is 1. The van der Waals surface area contributed by atoms with E-state index in [1.807, 2.05) is 65.7 Å². The molecule has 0 saturated carbocycles. The summed E-state index contributed by atoms with van der Waals surface area (Å²) in [5.41, 5.74) is 3.07. The van der Waals surface area contributed by atoms with Gasteiger partial charge in [0.1, 0.15) is 11.9 Å². The van der Waals surface area contributed by atoms with Crippen LogP contribution < -0.4 is 9.47 Å². The van der Waals surface area contributed by atoms with Gasteiger partial charge in [0.15, 0.2) is 0 Å². The van der Waals surface area contributed by atoms with Crippen molar-refractivity contribution in [3.8, 4) is 0 Å². The first-order valence-electron chi connectivity index (χ1n) is 9.10. The predicted octanol–water partition coefficient (Wildman–Crippen LogP) is 4.37. The highest BCUT2D eigenvalue weighted by atomic mass is 32.2. The van der Waals surface area contributed by atoms with Crippen LogP contribution in [0.1, 0.15) is 12.0 Å². The van der Waals surface area contributed by atoms with Crippen LogP contribution in [0.3, 0.4) is 0 Å². The standard InChI is InChI=1S/C20H22N4O3S2/c1-23(16-17-6-3-2-4-7-17)19-10-8-18(9-11-19)21-22-20-24(13-14-28-20)12-5-15-29(25,26)27/h2-4,6-11,13-14H,5,12,15-16H2,1H3/p+1. The van der Waals surface area contributed by atoms with Gasteiger partial charge in [-0.2, -0.15) is 8.42 Å². The van der Waals surface area contributed by atoms with Gasteiger partial charge in [-0.05, 0) is 46.3 Å². The van der Waals surface area contributed by atoms with E-state index in [9.17, 15) is 8.42 Å². The summed E-state index contributed by atoms with van der Waals surface area (Å²) < 4.78 is 32.3. The highest BCUT2D eigenvalue weighted by Gasteiger charge is 2.13. The molecule has 7 nitrogen and oxygen atoms in total. The first kappa shape index (κ1) is 21.1. The highest BCUT2D eigenvalue weighted by Crippen LogP contribution is 2.23. The lowest BCUT2D eigenvalue weighted by Crippen LogP contribution is -2.31. The fraction of sp³-hybridized carbons (Fsp3) is 0.250. The normalized spacial score (nSPS) is 11.8. The molecule has 1 aromatic heterocycles. The van der Waals surface area contributed by atoms with E-state index in [2.05, 4.69) is 27.3 Å². The molecule has 0 radical (unpaired) electrons. The maximum absolute atomic E-state index is 10.8. The maximum Gasteiger partial charge on any atom is 0.408 e. The largest absolute Gasteiger partial charge is 0.408 e. The van der Waals surface area contributed by atoms with E-state index < -0.39 is 10.1 Å². The van der Waals surface area contributed by atoms with Gasteiger partial charge < -0.3 is 4.90 Å². The molecule has 0 bridgehead atoms. The first-order valence-corrected chi connectivity index (χ1v) is 11.6. The molecule has 3 rings (SSSR count). The third-order valence-corrected chi connectivity index (χ3v) is 5.85. The van der Waals surface area contributed by atoms with Crippen LogP contribution in [-0.2, 0) is 23.2 Å². The zero-order valence-corrected chi connectivity index (χ0v) is 17.7. The Morgan fingerprint density at radius 1 is 1.07 bits per heavy atom. The predicted molar refractivity (Wildman–Crippen MR) is 115 cm³/mol. The van der Waals surface area contributed by atoms with Gasteiger partial charge in [0.2, 0.25) is 0 Å². The van der Waals surface area contributed by atoms with Crippen molar-refractivity contribution in [1.82, 2.24) is 0 Å². The molecule has 2 aromatic carbocycles. The summed E-state index contributed by atoms with van der Waals surface area (Å²) in [4.78, 5) is 2.17. The fourth-order valence-electron chi connectivity index (χ4n) is 2.79. The van der Waals surface area contributed by atoms with Gasteiger partial charge in [0.05, 0.1) is 17.4 Å². The van der Waals surface area contributed by atoms with E-state index in [-0.39, 0.29) is 5.75 Å². The molecule has 9 heteroatoms. The maximum atomic E-state index is 10.8. The van der Waals surface area contributed by atoms with Gasteiger partial charge in [-0.25, -0.2) is 4.57 Å². The smallest absolute Gasteiger partial charge is 0.370 e.